The van der Waals surface area contributed by atoms with Gasteiger partial charge in [-0.2, -0.15) is 0 Å². The van der Waals surface area contributed by atoms with E-state index >= 15 is 0 Å². The van der Waals surface area contributed by atoms with Gasteiger partial charge in [0.15, 0.2) is 0 Å². The van der Waals surface area contributed by atoms with Crippen molar-refractivity contribution in [2.24, 2.45) is 0 Å². The molecular formula is C10H6ClIN2OS. The van der Waals surface area contributed by atoms with Crippen LogP contribution in [0.3, 0.4) is 0 Å². The molecular weight excluding hydrogens is 359 g/mol. The number of nitrogens with zero attached hydrogens (tertiary/aromatic N) is 1. The van der Waals surface area contributed by atoms with E-state index in [-0.39, 0.29) is 5.91 Å². The van der Waals surface area contributed by atoms with Gasteiger partial charge < -0.3 is 5.32 Å². The van der Waals surface area contributed by atoms with E-state index < -0.39 is 0 Å². The monoisotopic (exact) mass is 364 g/mol. The molecule has 0 unspecified atom stereocenters. The maximum atomic E-state index is 11.7. The SMILES string of the molecule is O=C(Nc1cc(Cl)ccn1)c1csc(I)c1. The molecule has 0 aliphatic carbocycles. The van der Waals surface area contributed by atoms with Gasteiger partial charge in [-0.25, -0.2) is 4.98 Å². The number of halogens is 2. The summed E-state index contributed by atoms with van der Waals surface area (Å²) in [7, 11) is 0. The van der Waals surface area contributed by atoms with Crippen LogP contribution in [0.25, 0.3) is 0 Å². The normalized spacial score (nSPS) is 10.1. The molecule has 1 N–H and O–H groups in total. The van der Waals surface area contributed by atoms with Crippen molar-refractivity contribution in [2.75, 3.05) is 5.32 Å². The van der Waals surface area contributed by atoms with Gasteiger partial charge in [0.25, 0.3) is 5.91 Å². The van der Waals surface area contributed by atoms with Gasteiger partial charge in [0.2, 0.25) is 0 Å². The van der Waals surface area contributed by atoms with E-state index in [1.807, 2.05) is 11.4 Å². The highest BCUT2D eigenvalue weighted by atomic mass is 127. The molecule has 82 valence electrons. The molecule has 0 aliphatic heterocycles. The number of rotatable bonds is 2. The molecule has 0 radical (unpaired) electrons. The number of carbonyl (C=O) groups excluding carboxylic acids is 1. The molecule has 16 heavy (non-hydrogen) atoms. The Morgan fingerprint density at radius 1 is 1.50 bits per heavy atom. The molecule has 3 nitrogen and oxygen atoms in total. The highest BCUT2D eigenvalue weighted by Gasteiger charge is 2.08. The fourth-order valence-corrected chi connectivity index (χ4v) is 2.58. The number of aromatic nitrogens is 1. The van der Waals surface area contributed by atoms with Crippen LogP contribution in [-0.4, -0.2) is 10.9 Å². The van der Waals surface area contributed by atoms with Crippen molar-refractivity contribution < 1.29 is 4.79 Å². The van der Waals surface area contributed by atoms with Crippen molar-refractivity contribution in [1.29, 1.82) is 0 Å². The highest BCUT2D eigenvalue weighted by Crippen LogP contribution is 2.18. The first-order valence-corrected chi connectivity index (χ1v) is 6.66. The number of amides is 1. The van der Waals surface area contributed by atoms with Crippen molar-refractivity contribution in [2.45, 2.75) is 0 Å². The largest absolute Gasteiger partial charge is 0.306 e. The fourth-order valence-electron chi connectivity index (χ4n) is 1.09. The van der Waals surface area contributed by atoms with Crippen molar-refractivity contribution in [1.82, 2.24) is 4.98 Å². The first-order valence-electron chi connectivity index (χ1n) is 4.32. The molecule has 0 saturated heterocycles. The predicted molar refractivity (Wildman–Crippen MR) is 74.2 cm³/mol. The summed E-state index contributed by atoms with van der Waals surface area (Å²) in [5.74, 6) is 0.285. The summed E-state index contributed by atoms with van der Waals surface area (Å²) in [6.07, 6.45) is 1.55. The number of thiophene rings is 1. The maximum Gasteiger partial charge on any atom is 0.257 e. The Hall–Kier alpha value is -0.660. The smallest absolute Gasteiger partial charge is 0.257 e. The molecule has 2 heterocycles. The summed E-state index contributed by atoms with van der Waals surface area (Å²) in [5, 5.41) is 5.03. The molecule has 2 aromatic heterocycles. The topological polar surface area (TPSA) is 42.0 Å². The third-order valence-electron chi connectivity index (χ3n) is 1.79. The van der Waals surface area contributed by atoms with Crippen LogP contribution < -0.4 is 5.32 Å². The molecule has 6 heteroatoms. The second-order valence-electron chi connectivity index (χ2n) is 2.95. The Bertz CT molecular complexity index is 529. The van der Waals surface area contributed by atoms with Gasteiger partial charge in [-0.15, -0.1) is 11.3 Å². The Kier molecular flexibility index (Phi) is 3.78. The molecule has 0 fully saturated rings. The minimum atomic E-state index is -0.172. The maximum absolute atomic E-state index is 11.7. The van der Waals surface area contributed by atoms with Gasteiger partial charge in [-0.05, 0) is 40.8 Å². The second kappa shape index (κ2) is 5.11. The summed E-state index contributed by atoms with van der Waals surface area (Å²) in [6.45, 7) is 0. The van der Waals surface area contributed by atoms with Crippen molar-refractivity contribution in [3.63, 3.8) is 0 Å². The lowest BCUT2D eigenvalue weighted by atomic mass is 10.3. The lowest BCUT2D eigenvalue weighted by Gasteiger charge is -2.02. The Morgan fingerprint density at radius 2 is 2.31 bits per heavy atom. The minimum absolute atomic E-state index is 0.172. The summed E-state index contributed by atoms with van der Waals surface area (Å²) in [6, 6.07) is 5.09. The van der Waals surface area contributed by atoms with Crippen molar-refractivity contribution >= 4 is 57.3 Å². The minimum Gasteiger partial charge on any atom is -0.306 e. The molecule has 1 amide bonds. The van der Waals surface area contributed by atoms with Gasteiger partial charge in [0, 0.05) is 16.6 Å². The third-order valence-corrected chi connectivity index (χ3v) is 3.82. The zero-order chi connectivity index (χ0) is 11.5. The van der Waals surface area contributed by atoms with Crippen molar-refractivity contribution in [3.8, 4) is 0 Å². The first kappa shape index (κ1) is 11.8. The Balaban J connectivity index is 2.13. The van der Waals surface area contributed by atoms with Crippen molar-refractivity contribution in [3.05, 3.63) is 43.2 Å². The van der Waals surface area contributed by atoms with E-state index in [0.29, 0.717) is 16.4 Å². The van der Waals surface area contributed by atoms with Crippen LogP contribution in [0.5, 0.6) is 0 Å². The summed E-state index contributed by atoms with van der Waals surface area (Å²) < 4.78 is 1.07. The van der Waals surface area contributed by atoms with E-state index in [0.717, 1.165) is 2.88 Å². The molecule has 0 atom stereocenters. The molecule has 2 rings (SSSR count). The third kappa shape index (κ3) is 2.93. The van der Waals surface area contributed by atoms with Gasteiger partial charge in [-0.3, -0.25) is 4.79 Å². The van der Waals surface area contributed by atoms with Crippen LogP contribution >= 0.6 is 45.5 Å². The van der Waals surface area contributed by atoms with E-state index in [1.165, 1.54) is 11.3 Å². The van der Waals surface area contributed by atoms with Crippen LogP contribution in [0.2, 0.25) is 5.02 Å². The molecule has 0 spiro atoms. The average Bonchev–Trinajstić information content (AvgIpc) is 2.65. The Morgan fingerprint density at radius 3 is 2.94 bits per heavy atom. The van der Waals surface area contributed by atoms with Crippen LogP contribution in [0.15, 0.2) is 29.8 Å². The second-order valence-corrected chi connectivity index (χ2v) is 6.19. The van der Waals surface area contributed by atoms with Crippen LogP contribution in [0.4, 0.5) is 5.82 Å². The number of pyridine rings is 1. The van der Waals surface area contributed by atoms with Gasteiger partial charge in [0.05, 0.1) is 8.45 Å². The van der Waals surface area contributed by atoms with Crippen LogP contribution in [0.1, 0.15) is 10.4 Å². The molecule has 2 aromatic rings. The average molecular weight is 365 g/mol. The Labute approximate surface area is 115 Å². The zero-order valence-electron chi connectivity index (χ0n) is 7.91. The lowest BCUT2D eigenvalue weighted by Crippen LogP contribution is -2.11. The quantitative estimate of drug-likeness (QED) is 0.827. The first-order chi connectivity index (χ1) is 7.65. The molecule has 0 bridgehead atoms. The number of nitrogens with one attached hydrogen (secondary N) is 1. The number of anilines is 1. The summed E-state index contributed by atoms with van der Waals surface area (Å²) >= 11 is 9.49. The number of hydrogen-bond donors (Lipinski definition) is 1. The number of hydrogen-bond acceptors (Lipinski definition) is 3. The van der Waals surface area contributed by atoms with Gasteiger partial charge >= 0.3 is 0 Å². The van der Waals surface area contributed by atoms with Crippen LogP contribution in [0, 0.1) is 2.88 Å². The van der Waals surface area contributed by atoms with Gasteiger partial charge in [-0.1, -0.05) is 11.6 Å². The van der Waals surface area contributed by atoms with E-state index in [1.54, 1.807) is 18.3 Å². The highest BCUT2D eigenvalue weighted by molar-refractivity contribution is 14.1. The predicted octanol–water partition coefficient (Wildman–Crippen LogP) is 3.65. The standard InChI is InChI=1S/C10H6ClIN2OS/c11-7-1-2-13-9(4-7)14-10(15)6-3-8(12)16-5-6/h1-5H,(H,13,14,15). The van der Waals surface area contributed by atoms with Crippen LogP contribution in [-0.2, 0) is 0 Å². The van der Waals surface area contributed by atoms with E-state index in [2.05, 4.69) is 32.9 Å². The number of carbonyl (C=O) groups is 1. The lowest BCUT2D eigenvalue weighted by molar-refractivity contribution is 0.102. The summed E-state index contributed by atoms with van der Waals surface area (Å²) in [4.78, 5) is 15.7. The molecule has 0 aliphatic rings. The van der Waals surface area contributed by atoms with E-state index in [9.17, 15) is 4.79 Å². The molecule has 0 saturated carbocycles. The van der Waals surface area contributed by atoms with E-state index in [4.69, 9.17) is 11.6 Å². The fraction of sp³-hybridized carbons (Fsp3) is 0. The summed E-state index contributed by atoms with van der Waals surface area (Å²) in [5.41, 5.74) is 0.635. The van der Waals surface area contributed by atoms with Gasteiger partial charge in [0.1, 0.15) is 5.82 Å². The molecule has 0 aromatic carbocycles. The zero-order valence-corrected chi connectivity index (χ0v) is 11.6.